The zero-order valence-electron chi connectivity index (χ0n) is 19.6. The molecule has 0 spiro atoms. The van der Waals surface area contributed by atoms with Crippen LogP contribution in [0, 0.1) is 0 Å². The molecule has 0 unspecified atom stereocenters. The molecule has 1 fully saturated rings. The quantitative estimate of drug-likeness (QED) is 0.400. The Hall–Kier alpha value is -3.68. The third-order valence-corrected chi connectivity index (χ3v) is 6.35. The number of hydrogen-bond donors (Lipinski definition) is 1. The molecule has 0 saturated carbocycles. The van der Waals surface area contributed by atoms with Gasteiger partial charge in [-0.1, -0.05) is 36.4 Å². The molecular formula is C28H29N3O4. The van der Waals surface area contributed by atoms with Crippen LogP contribution in [0.1, 0.15) is 5.56 Å². The van der Waals surface area contributed by atoms with E-state index in [-0.39, 0.29) is 17.9 Å². The van der Waals surface area contributed by atoms with Gasteiger partial charge in [0.15, 0.2) is 5.43 Å². The van der Waals surface area contributed by atoms with Gasteiger partial charge in [0.1, 0.15) is 18.9 Å². The summed E-state index contributed by atoms with van der Waals surface area (Å²) in [5.74, 6) is 0.671. The van der Waals surface area contributed by atoms with Gasteiger partial charge >= 0.3 is 0 Å². The molecule has 5 rings (SSSR count). The van der Waals surface area contributed by atoms with Crippen molar-refractivity contribution in [2.45, 2.75) is 13.1 Å². The van der Waals surface area contributed by atoms with Crippen molar-refractivity contribution in [1.29, 1.82) is 0 Å². The Morgan fingerprint density at radius 2 is 1.60 bits per heavy atom. The lowest BCUT2D eigenvalue weighted by Crippen LogP contribution is -2.38. The molecule has 7 nitrogen and oxygen atoms in total. The molecule has 1 N–H and O–H groups in total. The molecule has 0 atom stereocenters. The number of hydrogen-bond acceptors (Lipinski definition) is 5. The summed E-state index contributed by atoms with van der Waals surface area (Å²) >= 11 is 0. The number of carbonyl (C=O) groups is 1. The number of aromatic nitrogens is 1. The van der Waals surface area contributed by atoms with E-state index in [4.69, 9.17) is 9.47 Å². The van der Waals surface area contributed by atoms with Gasteiger partial charge in [0, 0.05) is 37.0 Å². The first-order chi connectivity index (χ1) is 17.2. The van der Waals surface area contributed by atoms with Gasteiger partial charge in [0.2, 0.25) is 5.91 Å². The summed E-state index contributed by atoms with van der Waals surface area (Å²) in [6, 6.07) is 22.7. The molecule has 0 bridgehead atoms. The van der Waals surface area contributed by atoms with Gasteiger partial charge in [-0.3, -0.25) is 14.5 Å². The molecule has 1 aromatic heterocycles. The number of ether oxygens (including phenoxy) is 2. The van der Waals surface area contributed by atoms with Gasteiger partial charge in [0.05, 0.1) is 24.2 Å². The highest BCUT2D eigenvalue weighted by atomic mass is 16.5. The van der Waals surface area contributed by atoms with Crippen molar-refractivity contribution in [3.63, 3.8) is 0 Å². The van der Waals surface area contributed by atoms with Crippen LogP contribution in [-0.4, -0.2) is 54.8 Å². The fourth-order valence-corrected chi connectivity index (χ4v) is 4.51. The lowest BCUT2D eigenvalue weighted by atomic mass is 10.1. The van der Waals surface area contributed by atoms with Crippen molar-refractivity contribution in [3.8, 4) is 5.75 Å². The van der Waals surface area contributed by atoms with Gasteiger partial charge < -0.3 is 19.4 Å². The lowest BCUT2D eigenvalue weighted by molar-refractivity contribution is -0.121. The van der Waals surface area contributed by atoms with Crippen molar-refractivity contribution in [2.75, 3.05) is 39.5 Å². The molecule has 1 aliphatic heterocycles. The Bertz CT molecular complexity index is 1330. The molecule has 7 heteroatoms. The van der Waals surface area contributed by atoms with Gasteiger partial charge in [-0.2, -0.15) is 0 Å². The molecule has 1 aliphatic rings. The molecule has 35 heavy (non-hydrogen) atoms. The summed E-state index contributed by atoms with van der Waals surface area (Å²) in [5.41, 5.74) is 2.46. The number of benzene rings is 3. The molecule has 3 aromatic carbocycles. The predicted molar refractivity (Wildman–Crippen MR) is 137 cm³/mol. The maximum Gasteiger partial charge on any atom is 0.240 e. The second kappa shape index (κ2) is 10.7. The van der Waals surface area contributed by atoms with E-state index in [0.717, 1.165) is 55.2 Å². The van der Waals surface area contributed by atoms with Crippen molar-refractivity contribution in [3.05, 3.63) is 88.6 Å². The summed E-state index contributed by atoms with van der Waals surface area (Å²) < 4.78 is 13.2. The Morgan fingerprint density at radius 3 is 2.31 bits per heavy atom. The van der Waals surface area contributed by atoms with Gasteiger partial charge in [-0.05, 0) is 42.0 Å². The van der Waals surface area contributed by atoms with Crippen LogP contribution in [0.15, 0.2) is 77.6 Å². The molecule has 0 aliphatic carbocycles. The van der Waals surface area contributed by atoms with E-state index in [1.165, 1.54) is 0 Å². The first-order valence-electron chi connectivity index (χ1n) is 12.0. The first-order valence-corrected chi connectivity index (χ1v) is 12.0. The summed E-state index contributed by atoms with van der Waals surface area (Å²) in [5, 5.41) is 4.23. The lowest BCUT2D eigenvalue weighted by Gasteiger charge is -2.26. The number of fused-ring (bicyclic) bond motifs is 2. The maximum absolute atomic E-state index is 12.9. The van der Waals surface area contributed by atoms with Crippen molar-refractivity contribution in [2.24, 2.45) is 0 Å². The van der Waals surface area contributed by atoms with Gasteiger partial charge in [0.25, 0.3) is 0 Å². The van der Waals surface area contributed by atoms with Crippen LogP contribution in [0.2, 0.25) is 0 Å². The van der Waals surface area contributed by atoms with Gasteiger partial charge in [-0.25, -0.2) is 0 Å². The average Bonchev–Trinajstić information content (AvgIpc) is 2.91. The fraction of sp³-hybridized carbons (Fsp3) is 0.286. The third kappa shape index (κ3) is 5.37. The average molecular weight is 472 g/mol. The van der Waals surface area contributed by atoms with E-state index in [1.807, 2.05) is 77.4 Å². The Morgan fingerprint density at radius 1 is 0.914 bits per heavy atom. The van der Waals surface area contributed by atoms with E-state index in [2.05, 4.69) is 10.2 Å². The van der Waals surface area contributed by atoms with Crippen LogP contribution in [0.4, 0.5) is 0 Å². The molecule has 0 radical (unpaired) electrons. The highest BCUT2D eigenvalue weighted by molar-refractivity contribution is 5.94. The predicted octanol–water partition coefficient (Wildman–Crippen LogP) is 3.18. The number of morpholine rings is 1. The summed E-state index contributed by atoms with van der Waals surface area (Å²) in [6.45, 7) is 5.44. The van der Waals surface area contributed by atoms with Crippen molar-refractivity contribution in [1.82, 2.24) is 14.8 Å². The SMILES string of the molecule is O=C(Cn1c2ccccc2c(=O)c2ccccc21)NCc1cccc(OCCN2CCOCC2)c1. The topological polar surface area (TPSA) is 72.8 Å². The second-order valence-electron chi connectivity index (χ2n) is 8.68. The zero-order chi connectivity index (χ0) is 24.0. The fourth-order valence-electron chi connectivity index (χ4n) is 4.51. The number of amides is 1. The van der Waals surface area contributed by atoms with Crippen LogP contribution in [0.25, 0.3) is 21.8 Å². The monoisotopic (exact) mass is 471 g/mol. The second-order valence-corrected chi connectivity index (χ2v) is 8.68. The highest BCUT2D eigenvalue weighted by Gasteiger charge is 2.13. The van der Waals surface area contributed by atoms with E-state index in [0.29, 0.717) is 23.9 Å². The number of carbonyl (C=O) groups excluding carboxylic acids is 1. The molecule has 2 heterocycles. The maximum atomic E-state index is 12.9. The highest BCUT2D eigenvalue weighted by Crippen LogP contribution is 2.19. The van der Waals surface area contributed by atoms with E-state index >= 15 is 0 Å². The molecule has 1 amide bonds. The van der Waals surface area contributed by atoms with Crippen molar-refractivity contribution < 1.29 is 14.3 Å². The molecule has 1 saturated heterocycles. The first kappa shape index (κ1) is 23.1. The smallest absolute Gasteiger partial charge is 0.240 e. The normalized spacial score (nSPS) is 14.3. The number of rotatable bonds is 8. The molecular weight excluding hydrogens is 442 g/mol. The Labute approximate surface area is 203 Å². The number of nitrogens with one attached hydrogen (secondary N) is 1. The number of nitrogens with zero attached hydrogens (tertiary/aromatic N) is 2. The minimum atomic E-state index is -0.123. The van der Waals surface area contributed by atoms with Gasteiger partial charge in [-0.15, -0.1) is 0 Å². The van der Waals surface area contributed by atoms with Crippen LogP contribution in [-0.2, 0) is 22.6 Å². The number of pyridine rings is 1. The summed E-state index contributed by atoms with van der Waals surface area (Å²) in [6.07, 6.45) is 0. The summed E-state index contributed by atoms with van der Waals surface area (Å²) in [4.78, 5) is 28.2. The summed E-state index contributed by atoms with van der Waals surface area (Å²) in [7, 11) is 0. The minimum absolute atomic E-state index is 0.0155. The minimum Gasteiger partial charge on any atom is -0.492 e. The standard InChI is InChI=1S/C28H29N3O4/c32-27(20-31-25-10-3-1-8-23(25)28(33)24-9-2-4-11-26(24)31)29-19-21-6-5-7-22(18-21)35-17-14-30-12-15-34-16-13-30/h1-11,18H,12-17,19-20H2,(H,29,32). The van der Waals surface area contributed by atoms with E-state index < -0.39 is 0 Å². The van der Waals surface area contributed by atoms with E-state index in [1.54, 1.807) is 0 Å². The van der Waals surface area contributed by atoms with Crippen LogP contribution >= 0.6 is 0 Å². The van der Waals surface area contributed by atoms with Crippen LogP contribution in [0.5, 0.6) is 5.75 Å². The number of para-hydroxylation sites is 2. The van der Waals surface area contributed by atoms with Crippen LogP contribution in [0.3, 0.4) is 0 Å². The Balaban J connectivity index is 1.24. The van der Waals surface area contributed by atoms with E-state index in [9.17, 15) is 9.59 Å². The van der Waals surface area contributed by atoms with Crippen LogP contribution < -0.4 is 15.5 Å². The van der Waals surface area contributed by atoms with Crippen molar-refractivity contribution >= 4 is 27.7 Å². The molecule has 180 valence electrons. The third-order valence-electron chi connectivity index (χ3n) is 6.35. The zero-order valence-corrected chi connectivity index (χ0v) is 19.6. The Kier molecular flexibility index (Phi) is 7.07. The molecule has 4 aromatic rings. The largest absolute Gasteiger partial charge is 0.492 e.